The molecule has 3 aromatic rings. The molecule has 4 rings (SSSR count). The van der Waals surface area contributed by atoms with Crippen LogP contribution in [0.2, 0.25) is 5.02 Å². The summed E-state index contributed by atoms with van der Waals surface area (Å²) < 4.78 is 5.78. The van der Waals surface area contributed by atoms with Crippen molar-refractivity contribution in [3.05, 3.63) is 80.6 Å². The highest BCUT2D eigenvalue weighted by molar-refractivity contribution is 6.31. The van der Waals surface area contributed by atoms with Crippen LogP contribution in [0.15, 0.2) is 53.3 Å². The molecule has 8 heteroatoms. The summed E-state index contributed by atoms with van der Waals surface area (Å²) in [5.74, 6) is 0.218. The third-order valence-corrected chi connectivity index (χ3v) is 4.97. The van der Waals surface area contributed by atoms with Gasteiger partial charge in [0.05, 0.1) is 5.56 Å². The van der Waals surface area contributed by atoms with Crippen molar-refractivity contribution in [1.82, 2.24) is 9.97 Å². The molecule has 28 heavy (non-hydrogen) atoms. The number of hydrogen-bond donors (Lipinski definition) is 3. The zero-order valence-corrected chi connectivity index (χ0v) is 15.5. The van der Waals surface area contributed by atoms with Gasteiger partial charge in [-0.1, -0.05) is 41.9 Å². The van der Waals surface area contributed by atoms with E-state index in [1.54, 1.807) is 12.1 Å². The normalized spacial score (nSPS) is 15.6. The average molecular weight is 397 g/mol. The van der Waals surface area contributed by atoms with E-state index in [1.807, 2.05) is 36.4 Å². The standard InChI is InChI=1S/C20H17ClN4O3/c21-15-4-2-1-3-12(15)10-28-13-7-5-11(6-8-13)14-9-16(26)23-18-17(14)19(27)25-20(22)24-18/h1-8,14H,9-10H2,(H4,22,23,24,25,26,27)/t14-/m0/s1. The van der Waals surface area contributed by atoms with Crippen molar-refractivity contribution in [2.75, 3.05) is 11.1 Å². The van der Waals surface area contributed by atoms with E-state index in [0.29, 0.717) is 22.9 Å². The van der Waals surface area contributed by atoms with Crippen molar-refractivity contribution in [2.24, 2.45) is 0 Å². The molecule has 142 valence electrons. The number of benzene rings is 2. The summed E-state index contributed by atoms with van der Waals surface area (Å²) in [6.07, 6.45) is 0.154. The largest absolute Gasteiger partial charge is 0.489 e. The number of rotatable bonds is 4. The van der Waals surface area contributed by atoms with Crippen LogP contribution < -0.4 is 21.3 Å². The second-order valence-electron chi connectivity index (χ2n) is 6.47. The van der Waals surface area contributed by atoms with Gasteiger partial charge in [-0.15, -0.1) is 0 Å². The number of halogens is 1. The molecule has 1 aliphatic rings. The van der Waals surface area contributed by atoms with Crippen LogP contribution in [0.4, 0.5) is 11.8 Å². The first-order chi connectivity index (χ1) is 13.5. The van der Waals surface area contributed by atoms with Crippen LogP contribution in [0.5, 0.6) is 5.75 Å². The molecule has 2 aromatic carbocycles. The van der Waals surface area contributed by atoms with E-state index in [0.717, 1.165) is 11.1 Å². The topological polar surface area (TPSA) is 110 Å². The fourth-order valence-corrected chi connectivity index (χ4v) is 3.44. The number of ether oxygens (including phenoxy) is 1. The number of carbonyl (C=O) groups is 1. The van der Waals surface area contributed by atoms with Crippen molar-refractivity contribution in [3.63, 3.8) is 0 Å². The zero-order chi connectivity index (χ0) is 19.7. The molecule has 4 N–H and O–H groups in total. The third-order valence-electron chi connectivity index (χ3n) is 4.60. The fourth-order valence-electron chi connectivity index (χ4n) is 3.25. The molecular weight excluding hydrogens is 380 g/mol. The monoisotopic (exact) mass is 396 g/mol. The molecule has 1 aromatic heterocycles. The van der Waals surface area contributed by atoms with Gasteiger partial charge < -0.3 is 15.8 Å². The molecule has 0 spiro atoms. The lowest BCUT2D eigenvalue weighted by atomic mass is 9.87. The van der Waals surface area contributed by atoms with Crippen molar-refractivity contribution in [2.45, 2.75) is 18.9 Å². The van der Waals surface area contributed by atoms with Crippen LogP contribution in [0, 0.1) is 0 Å². The van der Waals surface area contributed by atoms with Gasteiger partial charge in [-0.3, -0.25) is 14.6 Å². The van der Waals surface area contributed by atoms with Gasteiger partial charge in [-0.2, -0.15) is 4.98 Å². The van der Waals surface area contributed by atoms with Crippen molar-refractivity contribution in [1.29, 1.82) is 0 Å². The van der Waals surface area contributed by atoms with Crippen molar-refractivity contribution in [3.8, 4) is 5.75 Å². The van der Waals surface area contributed by atoms with Gasteiger partial charge in [-0.25, -0.2) is 0 Å². The number of nitrogens with zero attached hydrogens (tertiary/aromatic N) is 1. The fraction of sp³-hybridized carbons (Fsp3) is 0.150. The van der Waals surface area contributed by atoms with Gasteiger partial charge in [0.25, 0.3) is 5.56 Å². The smallest absolute Gasteiger partial charge is 0.258 e. The van der Waals surface area contributed by atoms with Crippen LogP contribution in [0.25, 0.3) is 0 Å². The summed E-state index contributed by atoms with van der Waals surface area (Å²) in [7, 11) is 0. The number of aromatic amines is 1. The molecule has 1 amide bonds. The molecule has 0 unspecified atom stereocenters. The number of nitrogens with one attached hydrogen (secondary N) is 2. The number of nitrogens with two attached hydrogens (primary N) is 1. The molecule has 0 radical (unpaired) electrons. The Kier molecular flexibility index (Phi) is 4.75. The maximum Gasteiger partial charge on any atom is 0.258 e. The van der Waals surface area contributed by atoms with Crippen LogP contribution >= 0.6 is 11.6 Å². The molecule has 2 heterocycles. The molecule has 1 atom stereocenters. The molecule has 0 bridgehead atoms. The number of amides is 1. The number of fused-ring (bicyclic) bond motifs is 1. The molecule has 0 saturated carbocycles. The number of nitrogen functional groups attached to an aromatic ring is 1. The van der Waals surface area contributed by atoms with E-state index in [4.69, 9.17) is 22.1 Å². The first-order valence-electron chi connectivity index (χ1n) is 8.67. The molecule has 7 nitrogen and oxygen atoms in total. The van der Waals surface area contributed by atoms with E-state index in [1.165, 1.54) is 0 Å². The lowest BCUT2D eigenvalue weighted by molar-refractivity contribution is -0.116. The van der Waals surface area contributed by atoms with Gasteiger partial charge in [-0.05, 0) is 23.8 Å². The average Bonchev–Trinajstić information content (AvgIpc) is 2.66. The van der Waals surface area contributed by atoms with Crippen LogP contribution in [-0.2, 0) is 11.4 Å². The van der Waals surface area contributed by atoms with Gasteiger partial charge in [0.15, 0.2) is 0 Å². The Morgan fingerprint density at radius 2 is 1.89 bits per heavy atom. The number of aromatic nitrogens is 2. The van der Waals surface area contributed by atoms with Crippen LogP contribution in [0.3, 0.4) is 0 Å². The summed E-state index contributed by atoms with van der Waals surface area (Å²) in [4.78, 5) is 31.0. The van der Waals surface area contributed by atoms with E-state index < -0.39 is 5.92 Å². The quantitative estimate of drug-likeness (QED) is 0.627. The molecule has 0 saturated heterocycles. The highest BCUT2D eigenvalue weighted by atomic mass is 35.5. The predicted molar refractivity (Wildman–Crippen MR) is 107 cm³/mol. The Morgan fingerprint density at radius 3 is 2.64 bits per heavy atom. The highest BCUT2D eigenvalue weighted by Gasteiger charge is 2.30. The Hall–Kier alpha value is -3.32. The van der Waals surface area contributed by atoms with Crippen LogP contribution in [-0.4, -0.2) is 15.9 Å². The third kappa shape index (κ3) is 3.57. The minimum absolute atomic E-state index is 0.0342. The molecule has 0 aliphatic carbocycles. The summed E-state index contributed by atoms with van der Waals surface area (Å²) in [5.41, 5.74) is 7.33. The van der Waals surface area contributed by atoms with Gasteiger partial charge in [0.2, 0.25) is 11.9 Å². The van der Waals surface area contributed by atoms with Crippen molar-refractivity contribution < 1.29 is 9.53 Å². The Bertz CT molecular complexity index is 1100. The first kappa shape index (κ1) is 18.1. The maximum absolute atomic E-state index is 12.4. The summed E-state index contributed by atoms with van der Waals surface area (Å²) in [6.45, 7) is 0.344. The zero-order valence-electron chi connectivity index (χ0n) is 14.7. The first-order valence-corrected chi connectivity index (χ1v) is 9.05. The highest BCUT2D eigenvalue weighted by Crippen LogP contribution is 2.34. The molecule has 1 aliphatic heterocycles. The van der Waals surface area contributed by atoms with E-state index in [-0.39, 0.29) is 29.7 Å². The number of H-pyrrole nitrogens is 1. The van der Waals surface area contributed by atoms with Crippen molar-refractivity contribution >= 4 is 29.3 Å². The summed E-state index contributed by atoms with van der Waals surface area (Å²) in [6, 6.07) is 14.8. The minimum atomic E-state index is -0.404. The van der Waals surface area contributed by atoms with Gasteiger partial charge >= 0.3 is 0 Å². The van der Waals surface area contributed by atoms with Crippen LogP contribution in [0.1, 0.15) is 29.0 Å². The summed E-state index contributed by atoms with van der Waals surface area (Å²) in [5, 5.41) is 3.26. The SMILES string of the molecule is Nc1nc2c(c(=O)[nH]1)[C@H](c1ccc(OCc3ccccc3Cl)cc1)CC(=O)N2. The lowest BCUT2D eigenvalue weighted by Gasteiger charge is -2.24. The van der Waals surface area contributed by atoms with E-state index >= 15 is 0 Å². The second kappa shape index (κ2) is 7.36. The lowest BCUT2D eigenvalue weighted by Crippen LogP contribution is -2.31. The summed E-state index contributed by atoms with van der Waals surface area (Å²) >= 11 is 6.14. The predicted octanol–water partition coefficient (Wildman–Crippen LogP) is 3.06. The Balaban J connectivity index is 1.57. The Labute approximate surface area is 165 Å². The molecular formula is C20H17ClN4O3. The second-order valence-corrected chi connectivity index (χ2v) is 6.87. The number of carbonyl (C=O) groups excluding carboxylic acids is 1. The maximum atomic E-state index is 12.4. The van der Waals surface area contributed by atoms with E-state index in [9.17, 15) is 9.59 Å². The van der Waals surface area contributed by atoms with Gasteiger partial charge in [0.1, 0.15) is 18.2 Å². The number of anilines is 2. The Morgan fingerprint density at radius 1 is 1.14 bits per heavy atom. The molecule has 0 fully saturated rings. The van der Waals surface area contributed by atoms with Gasteiger partial charge in [0, 0.05) is 22.9 Å². The number of hydrogen-bond acceptors (Lipinski definition) is 5. The van der Waals surface area contributed by atoms with E-state index in [2.05, 4.69) is 15.3 Å². The minimum Gasteiger partial charge on any atom is -0.489 e.